The molecular formula is C11H15B. The first-order valence-corrected chi connectivity index (χ1v) is 4.93. The molecule has 0 amide bonds. The van der Waals surface area contributed by atoms with E-state index in [0.717, 1.165) is 5.92 Å². The highest BCUT2D eigenvalue weighted by Crippen LogP contribution is 2.33. The zero-order chi connectivity index (χ0) is 8.39. The van der Waals surface area contributed by atoms with E-state index in [0.29, 0.717) is 0 Å². The minimum absolute atomic E-state index is 0.866. The summed E-state index contributed by atoms with van der Waals surface area (Å²) in [4.78, 5) is 0. The predicted molar refractivity (Wildman–Crippen MR) is 55.8 cm³/mol. The summed E-state index contributed by atoms with van der Waals surface area (Å²) in [5.74, 6) is 0.866. The molecule has 0 aromatic heterocycles. The van der Waals surface area contributed by atoms with Gasteiger partial charge in [0, 0.05) is 0 Å². The molecule has 12 heavy (non-hydrogen) atoms. The molecule has 0 atom stereocenters. The van der Waals surface area contributed by atoms with Gasteiger partial charge >= 0.3 is 0 Å². The lowest BCUT2D eigenvalue weighted by atomic mass is 9.89. The van der Waals surface area contributed by atoms with E-state index in [9.17, 15) is 0 Å². The van der Waals surface area contributed by atoms with Gasteiger partial charge in [0.2, 0.25) is 0 Å². The molecule has 1 aromatic rings. The van der Waals surface area contributed by atoms with E-state index in [1.54, 1.807) is 5.56 Å². The maximum Gasteiger partial charge on any atom is 0.139 e. The van der Waals surface area contributed by atoms with Crippen molar-refractivity contribution in [3.05, 3.63) is 29.8 Å². The van der Waals surface area contributed by atoms with Crippen LogP contribution < -0.4 is 5.46 Å². The van der Waals surface area contributed by atoms with Crippen molar-refractivity contribution in [1.82, 2.24) is 0 Å². The molecule has 1 aromatic carbocycles. The third-order valence-corrected chi connectivity index (χ3v) is 2.87. The van der Waals surface area contributed by atoms with E-state index < -0.39 is 0 Å². The predicted octanol–water partition coefficient (Wildman–Crippen LogP) is 1.60. The summed E-state index contributed by atoms with van der Waals surface area (Å²) < 4.78 is 0. The Hall–Kier alpha value is -0.715. The Morgan fingerprint density at radius 1 is 1.17 bits per heavy atom. The van der Waals surface area contributed by atoms with E-state index in [2.05, 4.69) is 32.1 Å². The van der Waals surface area contributed by atoms with Crippen molar-refractivity contribution in [2.45, 2.75) is 31.6 Å². The van der Waals surface area contributed by atoms with Gasteiger partial charge < -0.3 is 0 Å². The van der Waals surface area contributed by atoms with Gasteiger partial charge in [-0.05, 0) is 24.3 Å². The maximum atomic E-state index is 2.34. The van der Waals surface area contributed by atoms with Crippen LogP contribution in [-0.2, 0) is 0 Å². The maximum absolute atomic E-state index is 2.34. The highest BCUT2D eigenvalue weighted by Gasteiger charge is 2.16. The molecule has 1 aliphatic carbocycles. The van der Waals surface area contributed by atoms with Crippen LogP contribution in [0.2, 0.25) is 0 Å². The molecule has 62 valence electrons. The standard InChI is InChI=1S/C11H15B/c12-11-7-3-6-10(8-11)9-4-1-2-5-9/h3,6-9H,1-2,4-5,12H2. The van der Waals surface area contributed by atoms with Gasteiger partial charge in [0.15, 0.2) is 0 Å². The van der Waals surface area contributed by atoms with Crippen LogP contribution in [0.25, 0.3) is 0 Å². The quantitative estimate of drug-likeness (QED) is 0.544. The van der Waals surface area contributed by atoms with Crippen LogP contribution in [0.5, 0.6) is 0 Å². The zero-order valence-corrected chi connectivity index (χ0v) is 7.72. The summed E-state index contributed by atoms with van der Waals surface area (Å²) in [5.41, 5.74) is 2.96. The van der Waals surface area contributed by atoms with Gasteiger partial charge in [-0.25, -0.2) is 0 Å². The van der Waals surface area contributed by atoms with Gasteiger partial charge in [0.25, 0.3) is 0 Å². The SMILES string of the molecule is Bc1cccc(C2CCCC2)c1. The van der Waals surface area contributed by atoms with Crippen molar-refractivity contribution < 1.29 is 0 Å². The van der Waals surface area contributed by atoms with E-state index >= 15 is 0 Å². The highest BCUT2D eigenvalue weighted by atomic mass is 14.2. The molecule has 0 heterocycles. The molecule has 2 rings (SSSR count). The lowest BCUT2D eigenvalue weighted by Crippen LogP contribution is -2.04. The largest absolute Gasteiger partial charge is 0.139 e. The minimum Gasteiger partial charge on any atom is -0.0887 e. The van der Waals surface area contributed by atoms with Gasteiger partial charge in [-0.1, -0.05) is 42.6 Å². The minimum atomic E-state index is 0.866. The van der Waals surface area contributed by atoms with Gasteiger partial charge in [0.1, 0.15) is 7.85 Å². The van der Waals surface area contributed by atoms with Gasteiger partial charge in [-0.15, -0.1) is 0 Å². The summed E-state index contributed by atoms with van der Waals surface area (Å²) in [6.45, 7) is 0. The lowest BCUT2D eigenvalue weighted by molar-refractivity contribution is 0.724. The third kappa shape index (κ3) is 1.55. The molecule has 0 N–H and O–H groups in total. The van der Waals surface area contributed by atoms with E-state index in [1.165, 1.54) is 31.1 Å². The summed E-state index contributed by atoms with van der Waals surface area (Å²) in [7, 11) is 2.18. The summed E-state index contributed by atoms with van der Waals surface area (Å²) in [5, 5.41) is 0. The molecule has 1 aliphatic rings. The molecule has 0 spiro atoms. The fourth-order valence-electron chi connectivity index (χ4n) is 2.18. The molecule has 0 radical (unpaired) electrons. The second-order valence-electron chi connectivity index (χ2n) is 3.90. The monoisotopic (exact) mass is 158 g/mol. The van der Waals surface area contributed by atoms with Crippen molar-refractivity contribution >= 4 is 13.3 Å². The van der Waals surface area contributed by atoms with Gasteiger partial charge in [-0.3, -0.25) is 0 Å². The normalized spacial score (nSPS) is 18.3. The van der Waals surface area contributed by atoms with Crippen molar-refractivity contribution in [3.8, 4) is 0 Å². The van der Waals surface area contributed by atoms with E-state index in [-0.39, 0.29) is 0 Å². The van der Waals surface area contributed by atoms with E-state index in [1.807, 2.05) is 0 Å². The molecule has 0 bridgehead atoms. The van der Waals surface area contributed by atoms with Crippen molar-refractivity contribution in [2.24, 2.45) is 0 Å². The van der Waals surface area contributed by atoms with Crippen LogP contribution in [-0.4, -0.2) is 7.85 Å². The zero-order valence-electron chi connectivity index (χ0n) is 7.72. The summed E-state index contributed by atoms with van der Waals surface area (Å²) in [6.07, 6.45) is 5.67. The first kappa shape index (κ1) is 7.91. The number of benzene rings is 1. The molecular weight excluding hydrogens is 143 g/mol. The van der Waals surface area contributed by atoms with Gasteiger partial charge in [-0.2, -0.15) is 0 Å². The second kappa shape index (κ2) is 3.34. The highest BCUT2D eigenvalue weighted by molar-refractivity contribution is 6.32. The number of hydrogen-bond acceptors (Lipinski definition) is 0. The Morgan fingerprint density at radius 3 is 2.58 bits per heavy atom. The Morgan fingerprint density at radius 2 is 1.92 bits per heavy atom. The molecule has 0 saturated heterocycles. The summed E-state index contributed by atoms with van der Waals surface area (Å²) >= 11 is 0. The van der Waals surface area contributed by atoms with Crippen LogP contribution in [0.4, 0.5) is 0 Å². The fraction of sp³-hybridized carbons (Fsp3) is 0.455. The van der Waals surface area contributed by atoms with E-state index in [4.69, 9.17) is 0 Å². The Kier molecular flexibility index (Phi) is 2.20. The smallest absolute Gasteiger partial charge is 0.0887 e. The molecule has 0 unspecified atom stereocenters. The van der Waals surface area contributed by atoms with Crippen molar-refractivity contribution in [3.63, 3.8) is 0 Å². The Balaban J connectivity index is 2.21. The van der Waals surface area contributed by atoms with Crippen LogP contribution in [0.1, 0.15) is 37.2 Å². The molecule has 0 nitrogen and oxygen atoms in total. The first-order chi connectivity index (χ1) is 5.86. The number of hydrogen-bond donors (Lipinski definition) is 0. The Bertz CT molecular complexity index is 261. The van der Waals surface area contributed by atoms with Gasteiger partial charge in [0.05, 0.1) is 0 Å². The molecule has 1 fully saturated rings. The van der Waals surface area contributed by atoms with Crippen LogP contribution in [0.15, 0.2) is 24.3 Å². The summed E-state index contributed by atoms with van der Waals surface area (Å²) in [6, 6.07) is 8.99. The van der Waals surface area contributed by atoms with Crippen molar-refractivity contribution in [1.29, 1.82) is 0 Å². The molecule has 1 heteroatoms. The average Bonchev–Trinajstić information content (AvgIpc) is 2.56. The Labute approximate surface area is 75.4 Å². The second-order valence-corrected chi connectivity index (χ2v) is 3.90. The average molecular weight is 158 g/mol. The van der Waals surface area contributed by atoms with Crippen LogP contribution >= 0.6 is 0 Å². The number of rotatable bonds is 1. The lowest BCUT2D eigenvalue weighted by Gasteiger charge is -2.09. The molecule has 0 aliphatic heterocycles. The van der Waals surface area contributed by atoms with Crippen LogP contribution in [0, 0.1) is 0 Å². The third-order valence-electron chi connectivity index (χ3n) is 2.87. The van der Waals surface area contributed by atoms with Crippen molar-refractivity contribution in [2.75, 3.05) is 0 Å². The topological polar surface area (TPSA) is 0 Å². The first-order valence-electron chi connectivity index (χ1n) is 4.93. The van der Waals surface area contributed by atoms with Crippen LogP contribution in [0.3, 0.4) is 0 Å². The fourth-order valence-corrected chi connectivity index (χ4v) is 2.18. The molecule has 1 saturated carbocycles.